The van der Waals surface area contributed by atoms with Gasteiger partial charge in [-0.15, -0.1) is 0 Å². The third-order valence-corrected chi connectivity index (χ3v) is 5.00. The van der Waals surface area contributed by atoms with Crippen LogP contribution in [0.5, 0.6) is 5.75 Å². The van der Waals surface area contributed by atoms with E-state index in [-0.39, 0.29) is 18.1 Å². The van der Waals surface area contributed by atoms with Gasteiger partial charge in [-0.2, -0.15) is 4.98 Å². The molecular formula is C18H22N4O3. The molecule has 2 unspecified atom stereocenters. The fourth-order valence-corrected chi connectivity index (χ4v) is 3.72. The summed E-state index contributed by atoms with van der Waals surface area (Å²) in [5.74, 6) is 1.67. The van der Waals surface area contributed by atoms with E-state index >= 15 is 0 Å². The molecule has 2 fully saturated rings. The Kier molecular flexibility index (Phi) is 4.17. The van der Waals surface area contributed by atoms with Crippen molar-refractivity contribution in [2.24, 2.45) is 0 Å². The minimum Gasteiger partial charge on any atom is -0.485 e. The largest absolute Gasteiger partial charge is 0.485 e. The third kappa shape index (κ3) is 3.51. The Morgan fingerprint density at radius 2 is 2.16 bits per heavy atom. The molecule has 4 rings (SSSR count). The predicted molar refractivity (Wildman–Crippen MR) is 90.3 cm³/mol. The summed E-state index contributed by atoms with van der Waals surface area (Å²) in [6.45, 7) is 5.19. The van der Waals surface area contributed by atoms with E-state index in [2.05, 4.69) is 20.4 Å². The van der Waals surface area contributed by atoms with Crippen LogP contribution in [0.25, 0.3) is 0 Å². The Hall–Kier alpha value is -2.41. The lowest BCUT2D eigenvalue weighted by Crippen LogP contribution is -2.52. The predicted octanol–water partition coefficient (Wildman–Crippen LogP) is 1.93. The van der Waals surface area contributed by atoms with Crippen molar-refractivity contribution in [2.75, 3.05) is 19.6 Å². The summed E-state index contributed by atoms with van der Waals surface area (Å²) in [6.07, 6.45) is 3.27. The number of nitrogens with zero attached hydrogens (tertiary/aromatic N) is 3. The van der Waals surface area contributed by atoms with Crippen LogP contribution in [0.1, 0.15) is 41.3 Å². The van der Waals surface area contributed by atoms with E-state index in [9.17, 15) is 4.79 Å². The second-order valence-electron chi connectivity index (χ2n) is 6.91. The van der Waals surface area contributed by atoms with Crippen LogP contribution in [0.4, 0.5) is 0 Å². The molecular weight excluding hydrogens is 320 g/mol. The van der Waals surface area contributed by atoms with Crippen molar-refractivity contribution in [3.63, 3.8) is 0 Å². The Morgan fingerprint density at radius 1 is 1.32 bits per heavy atom. The maximum absolute atomic E-state index is 12.6. The van der Waals surface area contributed by atoms with Crippen LogP contribution in [0, 0.1) is 6.92 Å². The Balaban J connectivity index is 1.35. The van der Waals surface area contributed by atoms with Gasteiger partial charge in [-0.05, 0) is 50.1 Å². The smallest absolute Gasteiger partial charge is 0.251 e. The molecule has 25 heavy (non-hydrogen) atoms. The van der Waals surface area contributed by atoms with E-state index in [0.717, 1.165) is 38.9 Å². The van der Waals surface area contributed by atoms with E-state index in [0.29, 0.717) is 23.0 Å². The van der Waals surface area contributed by atoms with Crippen LogP contribution in [0.3, 0.4) is 0 Å². The molecule has 2 bridgehead atoms. The maximum Gasteiger partial charge on any atom is 0.251 e. The molecule has 1 aromatic carbocycles. The fourth-order valence-electron chi connectivity index (χ4n) is 3.72. The number of aromatic nitrogens is 2. The maximum atomic E-state index is 12.6. The molecule has 0 spiro atoms. The topological polar surface area (TPSA) is 80.5 Å². The molecule has 132 valence electrons. The van der Waals surface area contributed by atoms with E-state index in [1.807, 2.05) is 0 Å². The standard InChI is InChI=1S/C18H22N4O3/c1-13-19-16(21-25-13)11-24-15-5-3-14(4-6-15)17(23)20-18-7-2-9-22(12-18)10-8-18/h3-6H,2,7-12H2,1H3,(H,20,23). The molecule has 2 aromatic rings. The van der Waals surface area contributed by atoms with Crippen LogP contribution in [-0.2, 0) is 6.61 Å². The van der Waals surface area contributed by atoms with Gasteiger partial charge in [0.1, 0.15) is 5.75 Å². The van der Waals surface area contributed by atoms with Gasteiger partial charge >= 0.3 is 0 Å². The van der Waals surface area contributed by atoms with Gasteiger partial charge in [-0.1, -0.05) is 5.16 Å². The van der Waals surface area contributed by atoms with Gasteiger partial charge in [-0.3, -0.25) is 4.79 Å². The lowest BCUT2D eigenvalue weighted by Gasteiger charge is -2.34. The first-order valence-electron chi connectivity index (χ1n) is 8.69. The van der Waals surface area contributed by atoms with E-state index < -0.39 is 0 Å². The zero-order valence-electron chi connectivity index (χ0n) is 14.3. The van der Waals surface area contributed by atoms with Crippen molar-refractivity contribution in [2.45, 2.75) is 38.3 Å². The number of aryl methyl sites for hydroxylation is 1. The first kappa shape index (κ1) is 16.1. The van der Waals surface area contributed by atoms with Gasteiger partial charge in [0.25, 0.3) is 5.91 Å². The number of fused-ring (bicyclic) bond motifs is 2. The molecule has 3 heterocycles. The molecule has 7 heteroatoms. The summed E-state index contributed by atoms with van der Waals surface area (Å²) in [6, 6.07) is 7.17. The van der Waals surface area contributed by atoms with Crippen molar-refractivity contribution in [3.05, 3.63) is 41.5 Å². The van der Waals surface area contributed by atoms with E-state index in [1.54, 1.807) is 31.2 Å². The second-order valence-corrected chi connectivity index (χ2v) is 6.91. The number of nitrogens with one attached hydrogen (secondary N) is 1. The summed E-state index contributed by atoms with van der Waals surface area (Å²) >= 11 is 0. The number of hydrogen-bond donors (Lipinski definition) is 1. The number of carbonyl (C=O) groups excluding carboxylic acids is 1. The Labute approximate surface area is 146 Å². The first-order chi connectivity index (χ1) is 12.1. The van der Waals surface area contributed by atoms with E-state index in [4.69, 9.17) is 9.26 Å². The highest BCUT2D eigenvalue weighted by molar-refractivity contribution is 5.94. The van der Waals surface area contributed by atoms with Crippen molar-refractivity contribution in [1.29, 1.82) is 0 Å². The number of piperidine rings is 1. The lowest BCUT2D eigenvalue weighted by atomic mass is 9.90. The van der Waals surface area contributed by atoms with Gasteiger partial charge in [0.15, 0.2) is 6.61 Å². The number of benzene rings is 1. The summed E-state index contributed by atoms with van der Waals surface area (Å²) in [4.78, 5) is 19.1. The van der Waals surface area contributed by atoms with Gasteiger partial charge in [-0.25, -0.2) is 0 Å². The molecule has 2 atom stereocenters. The summed E-state index contributed by atoms with van der Waals surface area (Å²) in [5.41, 5.74) is 0.613. The van der Waals surface area contributed by atoms with Crippen LogP contribution >= 0.6 is 0 Å². The molecule has 2 aliphatic heterocycles. The molecule has 1 aromatic heterocycles. The zero-order valence-corrected chi connectivity index (χ0v) is 14.3. The number of hydrogen-bond acceptors (Lipinski definition) is 6. The van der Waals surface area contributed by atoms with Gasteiger partial charge in [0.05, 0.1) is 5.54 Å². The first-order valence-corrected chi connectivity index (χ1v) is 8.69. The van der Waals surface area contributed by atoms with Gasteiger partial charge < -0.3 is 19.5 Å². The molecule has 0 aliphatic carbocycles. The average molecular weight is 342 g/mol. The number of carbonyl (C=O) groups is 1. The summed E-state index contributed by atoms with van der Waals surface area (Å²) in [5, 5.41) is 7.05. The second kappa shape index (κ2) is 6.48. The van der Waals surface area contributed by atoms with Crippen LogP contribution in [0.15, 0.2) is 28.8 Å². The molecule has 1 N–H and O–H groups in total. The minimum absolute atomic E-state index is 0.0101. The number of ether oxygens (including phenoxy) is 1. The summed E-state index contributed by atoms with van der Waals surface area (Å²) in [7, 11) is 0. The highest BCUT2D eigenvalue weighted by Gasteiger charge is 2.41. The number of rotatable bonds is 5. The fraction of sp³-hybridized carbons (Fsp3) is 0.500. The Bertz CT molecular complexity index is 754. The van der Waals surface area contributed by atoms with Crippen LogP contribution in [0.2, 0.25) is 0 Å². The highest BCUT2D eigenvalue weighted by Crippen LogP contribution is 2.31. The third-order valence-electron chi connectivity index (χ3n) is 5.00. The monoisotopic (exact) mass is 342 g/mol. The van der Waals surface area contributed by atoms with Crippen molar-refractivity contribution < 1.29 is 14.1 Å². The van der Waals surface area contributed by atoms with Crippen LogP contribution in [-0.4, -0.2) is 46.1 Å². The van der Waals surface area contributed by atoms with Crippen LogP contribution < -0.4 is 10.1 Å². The van der Waals surface area contributed by atoms with Crippen molar-refractivity contribution in [3.8, 4) is 5.75 Å². The summed E-state index contributed by atoms with van der Waals surface area (Å²) < 4.78 is 10.5. The zero-order chi connectivity index (χ0) is 17.3. The van der Waals surface area contributed by atoms with Crippen molar-refractivity contribution >= 4 is 5.91 Å². The molecule has 1 amide bonds. The molecule has 7 nitrogen and oxygen atoms in total. The molecule has 2 aliphatic rings. The van der Waals surface area contributed by atoms with Crippen molar-refractivity contribution in [1.82, 2.24) is 20.4 Å². The molecule has 0 saturated carbocycles. The lowest BCUT2D eigenvalue weighted by molar-refractivity contribution is 0.0877. The highest BCUT2D eigenvalue weighted by atomic mass is 16.5. The quantitative estimate of drug-likeness (QED) is 0.894. The normalized spacial score (nSPS) is 24.9. The van der Waals surface area contributed by atoms with Gasteiger partial charge in [0, 0.05) is 25.6 Å². The number of amides is 1. The molecule has 0 radical (unpaired) electrons. The average Bonchev–Trinajstić information content (AvgIpc) is 3.16. The SMILES string of the molecule is Cc1nc(COc2ccc(C(=O)NC34CCCN(CC3)C4)cc2)no1. The molecule has 2 saturated heterocycles. The van der Waals surface area contributed by atoms with Gasteiger partial charge in [0.2, 0.25) is 11.7 Å². The Morgan fingerprint density at radius 3 is 2.92 bits per heavy atom. The van der Waals surface area contributed by atoms with E-state index in [1.165, 1.54) is 0 Å². The minimum atomic E-state index is -0.0407.